The van der Waals surface area contributed by atoms with E-state index in [2.05, 4.69) is 55.6 Å². The summed E-state index contributed by atoms with van der Waals surface area (Å²) in [5.74, 6) is -0.174. The third-order valence-corrected chi connectivity index (χ3v) is 12.4. The molecule has 0 aliphatic heterocycles. The molecule has 0 fully saturated rings. The van der Waals surface area contributed by atoms with E-state index >= 15 is 0 Å². The van der Waals surface area contributed by atoms with Crippen LogP contribution in [-0.2, 0) is 18.4 Å². The zero-order valence-electron chi connectivity index (χ0n) is 40.2. The third kappa shape index (κ3) is 44.8. The zero-order valence-corrected chi connectivity index (χ0v) is 41.1. The number of hydrogen-bond donors (Lipinski definition) is 2. The monoisotopic (exact) mass is 867 g/mol. The van der Waals surface area contributed by atoms with E-state index in [1.54, 1.807) is 0 Å². The fraction of sp³-hybridized carbons (Fsp3) is 0.863. The highest BCUT2D eigenvalue weighted by Gasteiger charge is 2.24. The van der Waals surface area contributed by atoms with Crippen molar-refractivity contribution in [2.45, 2.75) is 244 Å². The highest BCUT2D eigenvalue weighted by atomic mass is 31.2. The van der Waals surface area contributed by atoms with Gasteiger partial charge in [0, 0.05) is 6.42 Å². The molecule has 354 valence electrons. The van der Waals surface area contributed by atoms with Gasteiger partial charge in [0.05, 0.1) is 39.9 Å². The molecule has 0 radical (unpaired) electrons. The van der Waals surface area contributed by atoms with Crippen LogP contribution in [0.5, 0.6) is 0 Å². The van der Waals surface area contributed by atoms with Crippen molar-refractivity contribution < 1.29 is 32.9 Å². The first-order valence-electron chi connectivity index (χ1n) is 25.3. The summed E-state index contributed by atoms with van der Waals surface area (Å²) in [6.07, 6.45) is 53.0. The molecule has 9 heteroatoms. The van der Waals surface area contributed by atoms with Crippen LogP contribution in [0, 0.1) is 0 Å². The topological polar surface area (TPSA) is 108 Å². The van der Waals surface area contributed by atoms with Gasteiger partial charge in [0.15, 0.2) is 0 Å². The normalized spacial score (nSPS) is 14.4. The molecular formula is C51H99N2O6P. The lowest BCUT2D eigenvalue weighted by molar-refractivity contribution is -0.870. The van der Waals surface area contributed by atoms with Crippen molar-refractivity contribution in [1.29, 1.82) is 0 Å². The number of carbonyl (C=O) groups is 1. The zero-order chi connectivity index (χ0) is 44.3. The second-order valence-electron chi connectivity index (χ2n) is 18.5. The van der Waals surface area contributed by atoms with Crippen LogP contribution in [0.25, 0.3) is 0 Å². The summed E-state index contributed by atoms with van der Waals surface area (Å²) in [7, 11) is 1.30. The quantitative estimate of drug-likeness (QED) is 0.0273. The number of carbonyl (C=O) groups excluding carboxylic acids is 1. The number of quaternary nitrogens is 1. The van der Waals surface area contributed by atoms with Crippen LogP contribution in [0.3, 0.4) is 0 Å². The third-order valence-electron chi connectivity index (χ3n) is 11.4. The minimum Gasteiger partial charge on any atom is -0.756 e. The molecular weight excluding hydrogens is 768 g/mol. The molecule has 0 aromatic heterocycles. The molecule has 0 saturated carbocycles. The molecule has 3 unspecified atom stereocenters. The number of phosphoric ester groups is 1. The molecule has 0 bridgehead atoms. The van der Waals surface area contributed by atoms with Crippen LogP contribution in [0.4, 0.5) is 0 Å². The second-order valence-corrected chi connectivity index (χ2v) is 19.9. The maximum Gasteiger partial charge on any atom is 0.268 e. The summed E-state index contributed by atoms with van der Waals surface area (Å²) in [6.45, 7) is 4.62. The van der Waals surface area contributed by atoms with Gasteiger partial charge in [-0.05, 0) is 44.9 Å². The SMILES string of the molecule is CC/C=C\C/C=C\C/C=C\CCCCCCCCCC(=O)NC(COP(=O)([O-])OCC[N+](C)(C)C)C(O)CCCCCCCCCCCCCCCCCCCCCCC. The van der Waals surface area contributed by atoms with Crippen molar-refractivity contribution >= 4 is 13.7 Å². The average molecular weight is 867 g/mol. The van der Waals surface area contributed by atoms with E-state index in [1.807, 2.05) is 21.1 Å². The number of unbranched alkanes of at least 4 members (excludes halogenated alkanes) is 27. The Morgan fingerprint density at radius 2 is 1.02 bits per heavy atom. The van der Waals surface area contributed by atoms with Gasteiger partial charge in [-0.3, -0.25) is 9.36 Å². The molecule has 0 rings (SSSR count). The smallest absolute Gasteiger partial charge is 0.268 e. The van der Waals surface area contributed by atoms with E-state index in [4.69, 9.17) is 9.05 Å². The molecule has 0 saturated heterocycles. The summed E-state index contributed by atoms with van der Waals surface area (Å²) >= 11 is 0. The van der Waals surface area contributed by atoms with E-state index < -0.39 is 20.0 Å². The average Bonchev–Trinajstić information content (AvgIpc) is 3.20. The van der Waals surface area contributed by atoms with Crippen LogP contribution in [-0.4, -0.2) is 68.5 Å². The lowest BCUT2D eigenvalue weighted by Crippen LogP contribution is -2.46. The number of amides is 1. The van der Waals surface area contributed by atoms with Gasteiger partial charge in [-0.25, -0.2) is 0 Å². The fourth-order valence-corrected chi connectivity index (χ4v) is 8.13. The van der Waals surface area contributed by atoms with Gasteiger partial charge in [0.1, 0.15) is 13.2 Å². The number of rotatable bonds is 46. The van der Waals surface area contributed by atoms with Crippen molar-refractivity contribution in [1.82, 2.24) is 5.32 Å². The molecule has 0 aliphatic carbocycles. The minimum absolute atomic E-state index is 0.00971. The van der Waals surface area contributed by atoms with Crippen molar-refractivity contribution in [2.75, 3.05) is 40.9 Å². The predicted octanol–water partition coefficient (Wildman–Crippen LogP) is 14.0. The molecule has 8 nitrogen and oxygen atoms in total. The van der Waals surface area contributed by atoms with Crippen molar-refractivity contribution in [3.05, 3.63) is 36.5 Å². The maximum atomic E-state index is 12.9. The van der Waals surface area contributed by atoms with Crippen LogP contribution < -0.4 is 10.2 Å². The first kappa shape index (κ1) is 58.7. The number of nitrogens with zero attached hydrogens (tertiary/aromatic N) is 1. The van der Waals surface area contributed by atoms with Gasteiger partial charge in [-0.2, -0.15) is 0 Å². The highest BCUT2D eigenvalue weighted by Crippen LogP contribution is 2.38. The van der Waals surface area contributed by atoms with Crippen molar-refractivity contribution in [2.24, 2.45) is 0 Å². The van der Waals surface area contributed by atoms with Crippen LogP contribution >= 0.6 is 7.82 Å². The Balaban J connectivity index is 4.26. The molecule has 1 amide bonds. The first-order valence-corrected chi connectivity index (χ1v) is 26.8. The molecule has 2 N–H and O–H groups in total. The predicted molar refractivity (Wildman–Crippen MR) is 256 cm³/mol. The Bertz CT molecular complexity index is 1070. The molecule has 60 heavy (non-hydrogen) atoms. The van der Waals surface area contributed by atoms with Gasteiger partial charge in [0.2, 0.25) is 5.91 Å². The first-order chi connectivity index (χ1) is 29.0. The summed E-state index contributed by atoms with van der Waals surface area (Å²) in [5, 5.41) is 14.0. The standard InChI is InChI=1S/C51H99N2O6P/c1-6-8-10-12-14-16-18-20-22-24-25-26-27-29-30-32-34-36-38-40-42-44-50(54)49(48-59-60(56,57)58-47-46-53(3,4)5)52-51(55)45-43-41-39-37-35-33-31-28-23-21-19-17-15-13-11-9-7-2/h9,11,15,17,21,23,49-50,54H,6-8,10,12-14,16,18-20,22,24-48H2,1-5H3,(H-,52,55,56,57)/b11-9-,17-15-,23-21-. The van der Waals surface area contributed by atoms with E-state index in [9.17, 15) is 19.4 Å². The van der Waals surface area contributed by atoms with Gasteiger partial charge in [0.25, 0.3) is 7.82 Å². The summed E-state index contributed by atoms with van der Waals surface area (Å²) in [4.78, 5) is 25.4. The minimum atomic E-state index is -4.57. The summed E-state index contributed by atoms with van der Waals surface area (Å²) < 4.78 is 23.3. The Labute approximate surface area is 372 Å². The lowest BCUT2D eigenvalue weighted by atomic mass is 10.0. The molecule has 0 heterocycles. The molecule has 0 spiro atoms. The Morgan fingerprint density at radius 1 is 0.600 bits per heavy atom. The Kier molecular flexibility index (Phi) is 42.1. The molecule has 0 aromatic carbocycles. The Hall–Kier alpha value is -1.28. The number of aliphatic hydroxyl groups excluding tert-OH is 1. The molecule has 0 aromatic rings. The number of hydrogen-bond acceptors (Lipinski definition) is 6. The van der Waals surface area contributed by atoms with E-state index in [-0.39, 0.29) is 19.1 Å². The van der Waals surface area contributed by atoms with E-state index in [1.165, 1.54) is 141 Å². The van der Waals surface area contributed by atoms with Crippen LogP contribution in [0.2, 0.25) is 0 Å². The number of aliphatic hydroxyl groups is 1. The fourth-order valence-electron chi connectivity index (χ4n) is 7.41. The largest absolute Gasteiger partial charge is 0.756 e. The number of allylic oxidation sites excluding steroid dienone is 6. The molecule has 0 aliphatic rings. The van der Waals surface area contributed by atoms with Gasteiger partial charge >= 0.3 is 0 Å². The van der Waals surface area contributed by atoms with E-state index in [0.717, 1.165) is 64.2 Å². The van der Waals surface area contributed by atoms with Crippen molar-refractivity contribution in [3.8, 4) is 0 Å². The van der Waals surface area contributed by atoms with Gasteiger partial charge in [-0.1, -0.05) is 217 Å². The van der Waals surface area contributed by atoms with Gasteiger partial charge < -0.3 is 28.8 Å². The van der Waals surface area contributed by atoms with Crippen LogP contribution in [0.15, 0.2) is 36.5 Å². The summed E-state index contributed by atoms with van der Waals surface area (Å²) in [5.41, 5.74) is 0. The van der Waals surface area contributed by atoms with Gasteiger partial charge in [-0.15, -0.1) is 0 Å². The molecule has 3 atom stereocenters. The Morgan fingerprint density at radius 3 is 1.48 bits per heavy atom. The number of nitrogens with one attached hydrogen (secondary N) is 1. The number of likely N-dealkylation sites (N-methyl/N-ethyl adjacent to an activating group) is 1. The highest BCUT2D eigenvalue weighted by molar-refractivity contribution is 7.45. The van der Waals surface area contributed by atoms with E-state index in [0.29, 0.717) is 23.9 Å². The lowest BCUT2D eigenvalue weighted by Gasteiger charge is -2.30. The summed E-state index contributed by atoms with van der Waals surface area (Å²) in [6, 6.07) is -0.806. The maximum absolute atomic E-state index is 12.9. The van der Waals surface area contributed by atoms with Crippen molar-refractivity contribution in [3.63, 3.8) is 0 Å². The van der Waals surface area contributed by atoms with Crippen LogP contribution in [0.1, 0.15) is 232 Å². The number of phosphoric acid groups is 1. The second kappa shape index (κ2) is 43.0.